The van der Waals surface area contributed by atoms with Crippen molar-refractivity contribution < 1.29 is 9.18 Å². The molecule has 1 heterocycles. The number of rotatable bonds is 3. The van der Waals surface area contributed by atoms with Crippen LogP contribution < -0.4 is 10.2 Å². The lowest BCUT2D eigenvalue weighted by molar-refractivity contribution is -0.125. The predicted octanol–water partition coefficient (Wildman–Crippen LogP) is 4.28. The largest absolute Gasteiger partial charge is 0.351 e. The Bertz CT molecular complexity index is 910. The van der Waals surface area contributed by atoms with Gasteiger partial charge in [-0.1, -0.05) is 35.9 Å². The summed E-state index contributed by atoms with van der Waals surface area (Å²) in [6.07, 6.45) is 0. The maximum absolute atomic E-state index is 14.6. The van der Waals surface area contributed by atoms with E-state index in [2.05, 4.69) is 5.32 Å². The molecule has 7 heteroatoms. The molecule has 0 bridgehead atoms. The van der Waals surface area contributed by atoms with Crippen LogP contribution in [-0.2, 0) is 4.79 Å². The predicted molar refractivity (Wildman–Crippen MR) is 110 cm³/mol. The van der Waals surface area contributed by atoms with E-state index in [4.69, 9.17) is 23.8 Å². The number of carbonyl (C=O) groups is 1. The van der Waals surface area contributed by atoms with E-state index in [9.17, 15) is 9.18 Å². The minimum atomic E-state index is -0.777. The van der Waals surface area contributed by atoms with Crippen LogP contribution in [0.2, 0.25) is 5.02 Å². The maximum atomic E-state index is 14.6. The molecular formula is C20H19ClFN3OS. The molecule has 1 aliphatic heterocycles. The summed E-state index contributed by atoms with van der Waals surface area (Å²) in [4.78, 5) is 16.2. The fourth-order valence-corrected chi connectivity index (χ4v) is 3.78. The molecule has 0 aromatic heterocycles. The van der Waals surface area contributed by atoms with Gasteiger partial charge in [0, 0.05) is 36.1 Å². The third-order valence-electron chi connectivity index (χ3n) is 4.42. The highest BCUT2D eigenvalue weighted by Gasteiger charge is 2.37. The molecule has 4 nitrogen and oxygen atoms in total. The number of para-hydroxylation sites is 1. The van der Waals surface area contributed by atoms with Crippen molar-refractivity contribution in [2.45, 2.75) is 13.0 Å². The number of hydrogen-bond acceptors (Lipinski definition) is 2. The smallest absolute Gasteiger partial charge is 0.253 e. The van der Waals surface area contributed by atoms with E-state index in [0.717, 1.165) is 5.69 Å². The number of thiocarbonyl (C=S) groups is 1. The molecule has 2 aromatic carbocycles. The third kappa shape index (κ3) is 3.55. The average Bonchev–Trinajstić information content (AvgIpc) is 2.62. The lowest BCUT2D eigenvalue weighted by atomic mass is 9.93. The van der Waals surface area contributed by atoms with Crippen molar-refractivity contribution in [3.8, 4) is 0 Å². The van der Waals surface area contributed by atoms with E-state index in [-0.39, 0.29) is 16.5 Å². The average molecular weight is 404 g/mol. The summed E-state index contributed by atoms with van der Waals surface area (Å²) in [5, 5.41) is 3.72. The number of amides is 1. The second-order valence-corrected chi connectivity index (χ2v) is 7.18. The van der Waals surface area contributed by atoms with Crippen LogP contribution in [0.3, 0.4) is 0 Å². The standard InChI is InChI=1S/C20H19ClFN3OS/c1-12-16(19(26)24(2)3)18(17-14(21)10-7-11-15(17)22)23-20(27)25(12)13-8-5-4-6-9-13/h4-11,18H,1-3H3,(H,23,27)/t18-/m1/s1. The van der Waals surface area contributed by atoms with Gasteiger partial charge in [-0.3, -0.25) is 9.69 Å². The zero-order valence-corrected chi connectivity index (χ0v) is 16.7. The molecule has 0 saturated carbocycles. The summed E-state index contributed by atoms with van der Waals surface area (Å²) >= 11 is 11.8. The Hall–Kier alpha value is -2.44. The molecule has 0 aliphatic carbocycles. The summed E-state index contributed by atoms with van der Waals surface area (Å²) in [5.74, 6) is -0.736. The van der Waals surface area contributed by atoms with E-state index in [1.54, 1.807) is 32.0 Å². The minimum absolute atomic E-state index is 0.207. The molecule has 1 aliphatic rings. The monoisotopic (exact) mass is 403 g/mol. The van der Waals surface area contributed by atoms with E-state index >= 15 is 0 Å². The number of halogens is 2. The lowest BCUT2D eigenvalue weighted by Crippen LogP contribution is -2.49. The molecule has 0 spiro atoms. The van der Waals surface area contributed by atoms with Crippen LogP contribution in [0.4, 0.5) is 10.1 Å². The molecule has 1 N–H and O–H groups in total. The maximum Gasteiger partial charge on any atom is 0.253 e. The van der Waals surface area contributed by atoms with E-state index in [0.29, 0.717) is 16.4 Å². The Morgan fingerprint density at radius 1 is 1.19 bits per heavy atom. The highest BCUT2D eigenvalue weighted by molar-refractivity contribution is 7.80. The quantitative estimate of drug-likeness (QED) is 0.776. The summed E-state index contributed by atoms with van der Waals surface area (Å²) < 4.78 is 14.6. The highest BCUT2D eigenvalue weighted by Crippen LogP contribution is 2.37. The van der Waals surface area contributed by atoms with Gasteiger partial charge in [0.1, 0.15) is 5.82 Å². The first-order valence-corrected chi connectivity index (χ1v) is 9.13. The SMILES string of the molecule is CC1=C(C(=O)N(C)C)[C@H](c2c(F)cccc2Cl)NC(=S)N1c1ccccc1. The summed E-state index contributed by atoms with van der Waals surface area (Å²) in [6, 6.07) is 13.1. The summed E-state index contributed by atoms with van der Waals surface area (Å²) in [5.41, 5.74) is 2.05. The van der Waals surface area contributed by atoms with Gasteiger partial charge in [0.25, 0.3) is 5.91 Å². The lowest BCUT2D eigenvalue weighted by Gasteiger charge is -2.38. The Labute approximate surface area is 168 Å². The molecule has 3 rings (SSSR count). The second kappa shape index (κ2) is 7.66. The molecule has 0 radical (unpaired) electrons. The fourth-order valence-electron chi connectivity index (χ4n) is 3.15. The molecule has 2 aromatic rings. The molecular weight excluding hydrogens is 385 g/mol. The van der Waals surface area contributed by atoms with Gasteiger partial charge in [-0.15, -0.1) is 0 Å². The number of likely N-dealkylation sites (N-methyl/N-ethyl adjacent to an activating group) is 1. The van der Waals surface area contributed by atoms with Gasteiger partial charge in [0.05, 0.1) is 11.6 Å². The van der Waals surface area contributed by atoms with Crippen molar-refractivity contribution >= 4 is 40.5 Å². The number of nitrogens with zero attached hydrogens (tertiary/aromatic N) is 2. The van der Waals surface area contributed by atoms with Crippen LogP contribution in [0.1, 0.15) is 18.5 Å². The molecule has 0 unspecified atom stereocenters. The van der Waals surface area contributed by atoms with Gasteiger partial charge in [-0.25, -0.2) is 4.39 Å². The number of benzene rings is 2. The first-order chi connectivity index (χ1) is 12.8. The first-order valence-electron chi connectivity index (χ1n) is 8.35. The van der Waals surface area contributed by atoms with Crippen molar-refractivity contribution in [3.63, 3.8) is 0 Å². The van der Waals surface area contributed by atoms with Crippen molar-refractivity contribution in [2.75, 3.05) is 19.0 Å². The summed E-state index contributed by atoms with van der Waals surface area (Å²) in [7, 11) is 3.31. The van der Waals surface area contributed by atoms with Gasteiger partial charge >= 0.3 is 0 Å². The van der Waals surface area contributed by atoms with Gasteiger partial charge in [0.2, 0.25) is 0 Å². The Morgan fingerprint density at radius 3 is 2.44 bits per heavy atom. The molecule has 1 amide bonds. The van der Waals surface area contributed by atoms with Crippen LogP contribution in [0, 0.1) is 5.82 Å². The molecule has 1 atom stereocenters. The van der Waals surface area contributed by atoms with Crippen molar-refractivity contribution in [1.29, 1.82) is 0 Å². The van der Waals surface area contributed by atoms with Crippen LogP contribution in [-0.4, -0.2) is 30.0 Å². The zero-order valence-electron chi connectivity index (χ0n) is 15.2. The second-order valence-electron chi connectivity index (χ2n) is 6.39. The Kier molecular flexibility index (Phi) is 5.48. The molecule has 0 saturated heterocycles. The highest BCUT2D eigenvalue weighted by atomic mass is 35.5. The van der Waals surface area contributed by atoms with Gasteiger partial charge in [-0.2, -0.15) is 0 Å². The fraction of sp³-hybridized carbons (Fsp3) is 0.200. The minimum Gasteiger partial charge on any atom is -0.351 e. The Morgan fingerprint density at radius 2 is 1.85 bits per heavy atom. The number of allylic oxidation sites excluding steroid dienone is 1. The molecule has 27 heavy (non-hydrogen) atoms. The molecule has 0 fully saturated rings. The van der Waals surface area contributed by atoms with Gasteiger partial charge in [0.15, 0.2) is 5.11 Å². The van der Waals surface area contributed by atoms with Gasteiger partial charge < -0.3 is 10.2 Å². The van der Waals surface area contributed by atoms with Crippen molar-refractivity contribution in [3.05, 3.63) is 76.2 Å². The molecule has 140 valence electrons. The van der Waals surface area contributed by atoms with E-state index in [1.807, 2.05) is 30.3 Å². The van der Waals surface area contributed by atoms with Gasteiger partial charge in [-0.05, 0) is 43.4 Å². The van der Waals surface area contributed by atoms with E-state index < -0.39 is 11.9 Å². The van der Waals surface area contributed by atoms with Crippen LogP contribution in [0.25, 0.3) is 0 Å². The van der Waals surface area contributed by atoms with Crippen LogP contribution >= 0.6 is 23.8 Å². The normalized spacial score (nSPS) is 17.0. The summed E-state index contributed by atoms with van der Waals surface area (Å²) in [6.45, 7) is 1.80. The van der Waals surface area contributed by atoms with Crippen molar-refractivity contribution in [1.82, 2.24) is 10.2 Å². The number of hydrogen-bond donors (Lipinski definition) is 1. The third-order valence-corrected chi connectivity index (χ3v) is 5.05. The zero-order chi connectivity index (χ0) is 19.7. The number of carbonyl (C=O) groups excluding carboxylic acids is 1. The van der Waals surface area contributed by atoms with E-state index in [1.165, 1.54) is 17.0 Å². The first kappa shape index (κ1) is 19.3. The Balaban J connectivity index is 2.23. The van der Waals surface area contributed by atoms with Crippen LogP contribution in [0.15, 0.2) is 59.8 Å². The number of nitrogens with one attached hydrogen (secondary N) is 1. The topological polar surface area (TPSA) is 35.6 Å². The van der Waals surface area contributed by atoms with Crippen molar-refractivity contribution in [2.24, 2.45) is 0 Å². The number of anilines is 1. The van der Waals surface area contributed by atoms with Crippen LogP contribution in [0.5, 0.6) is 0 Å².